The van der Waals surface area contributed by atoms with Crippen molar-refractivity contribution < 1.29 is 14.6 Å². The largest absolute Gasteiger partial charge is 0.381 e. The first kappa shape index (κ1) is 6.99. The van der Waals surface area contributed by atoms with Crippen LogP contribution in [-0.4, -0.2) is 31.2 Å². The summed E-state index contributed by atoms with van der Waals surface area (Å²) in [6.45, 7) is 1.38. The molecule has 0 saturated carbocycles. The Labute approximate surface area is 54.6 Å². The number of rotatable bonds is 2. The summed E-state index contributed by atoms with van der Waals surface area (Å²) in [5.41, 5.74) is 0. The highest BCUT2D eigenvalue weighted by Crippen LogP contribution is 2.09. The average Bonchev–Trinajstić information content (AvgIpc) is 1.91. The van der Waals surface area contributed by atoms with E-state index in [1.165, 1.54) is 0 Å². The van der Waals surface area contributed by atoms with Crippen LogP contribution >= 0.6 is 0 Å². The zero-order chi connectivity index (χ0) is 6.53. The minimum atomic E-state index is -0.162. The molecule has 0 aromatic carbocycles. The molecule has 1 aliphatic heterocycles. The summed E-state index contributed by atoms with van der Waals surface area (Å²) >= 11 is 0. The van der Waals surface area contributed by atoms with E-state index in [2.05, 4.69) is 0 Å². The molecule has 0 aromatic rings. The quantitative estimate of drug-likeness (QED) is 0.543. The summed E-state index contributed by atoms with van der Waals surface area (Å²) in [6.07, 6.45) is 2.06. The van der Waals surface area contributed by atoms with Crippen molar-refractivity contribution >= 4 is 0 Å². The van der Waals surface area contributed by atoms with Gasteiger partial charge in [-0.3, -0.25) is 0 Å². The van der Waals surface area contributed by atoms with Crippen LogP contribution in [0.1, 0.15) is 12.8 Å². The Morgan fingerprint density at radius 1 is 1.44 bits per heavy atom. The number of hydrogen-bond donors (Lipinski definition) is 1. The Morgan fingerprint density at radius 2 is 2.11 bits per heavy atom. The second-order valence-electron chi connectivity index (χ2n) is 2.11. The fourth-order valence-electron chi connectivity index (χ4n) is 0.948. The van der Waals surface area contributed by atoms with Crippen LogP contribution in [0.4, 0.5) is 0 Å². The molecule has 3 heteroatoms. The molecule has 1 aliphatic rings. The van der Waals surface area contributed by atoms with Crippen molar-refractivity contribution in [1.29, 1.82) is 0 Å². The Hall–Kier alpha value is -0.120. The van der Waals surface area contributed by atoms with Crippen LogP contribution < -0.4 is 0 Å². The van der Waals surface area contributed by atoms with E-state index < -0.39 is 0 Å². The molecule has 0 atom stereocenters. The van der Waals surface area contributed by atoms with Crippen molar-refractivity contribution in [3.63, 3.8) is 0 Å². The minimum Gasteiger partial charge on any atom is -0.381 e. The molecule has 54 valence electrons. The predicted octanol–water partition coefficient (Wildman–Crippen LogP) is 0.132. The van der Waals surface area contributed by atoms with Crippen molar-refractivity contribution in [2.24, 2.45) is 0 Å². The van der Waals surface area contributed by atoms with Gasteiger partial charge in [0.05, 0.1) is 6.10 Å². The lowest BCUT2D eigenvalue weighted by atomic mass is 10.2. The lowest BCUT2D eigenvalue weighted by Crippen LogP contribution is -2.23. The van der Waals surface area contributed by atoms with Gasteiger partial charge in [0.25, 0.3) is 0 Å². The highest BCUT2D eigenvalue weighted by molar-refractivity contribution is 4.60. The van der Waals surface area contributed by atoms with Crippen LogP contribution in [0.25, 0.3) is 0 Å². The van der Waals surface area contributed by atoms with Gasteiger partial charge in [0.2, 0.25) is 0 Å². The van der Waals surface area contributed by atoms with Gasteiger partial charge in [-0.15, -0.1) is 0 Å². The maximum atomic E-state index is 8.36. The number of aliphatic hydroxyl groups excluding tert-OH is 1. The van der Waals surface area contributed by atoms with E-state index in [0.29, 0.717) is 0 Å². The maximum Gasteiger partial charge on any atom is 0.143 e. The summed E-state index contributed by atoms with van der Waals surface area (Å²) in [6, 6.07) is 0. The summed E-state index contributed by atoms with van der Waals surface area (Å²) < 4.78 is 10.0. The van der Waals surface area contributed by atoms with Gasteiger partial charge < -0.3 is 14.6 Å². The lowest BCUT2D eigenvalue weighted by Gasteiger charge is -2.20. The van der Waals surface area contributed by atoms with Gasteiger partial charge >= 0.3 is 0 Å². The van der Waals surface area contributed by atoms with Gasteiger partial charge in [-0.05, 0) is 12.8 Å². The van der Waals surface area contributed by atoms with Crippen molar-refractivity contribution in [2.75, 3.05) is 20.0 Å². The van der Waals surface area contributed by atoms with Crippen LogP contribution in [0.2, 0.25) is 0 Å². The molecule has 1 rings (SSSR count). The molecule has 0 spiro atoms. The molecule has 0 aliphatic carbocycles. The zero-order valence-corrected chi connectivity index (χ0v) is 5.38. The fourth-order valence-corrected chi connectivity index (χ4v) is 0.948. The van der Waals surface area contributed by atoms with Gasteiger partial charge in [-0.25, -0.2) is 0 Å². The molecular weight excluding hydrogens is 120 g/mol. The molecule has 1 fully saturated rings. The lowest BCUT2D eigenvalue weighted by molar-refractivity contribution is -0.0891. The first-order chi connectivity index (χ1) is 4.43. The Morgan fingerprint density at radius 3 is 2.67 bits per heavy atom. The smallest absolute Gasteiger partial charge is 0.143 e. The topological polar surface area (TPSA) is 38.7 Å². The highest BCUT2D eigenvalue weighted by Gasteiger charge is 2.12. The predicted molar refractivity (Wildman–Crippen MR) is 32.0 cm³/mol. The molecule has 0 amide bonds. The fraction of sp³-hybridized carbons (Fsp3) is 1.00. The van der Waals surface area contributed by atoms with Crippen LogP contribution in [0.5, 0.6) is 0 Å². The van der Waals surface area contributed by atoms with E-state index in [1.54, 1.807) is 0 Å². The van der Waals surface area contributed by atoms with E-state index in [-0.39, 0.29) is 12.9 Å². The van der Waals surface area contributed by atoms with Crippen molar-refractivity contribution in [3.05, 3.63) is 0 Å². The molecule has 9 heavy (non-hydrogen) atoms. The normalized spacial score (nSPS) is 22.3. The van der Waals surface area contributed by atoms with Gasteiger partial charge in [-0.1, -0.05) is 0 Å². The summed E-state index contributed by atoms with van der Waals surface area (Å²) in [4.78, 5) is 0. The molecule has 1 N–H and O–H groups in total. The van der Waals surface area contributed by atoms with Crippen molar-refractivity contribution in [3.8, 4) is 0 Å². The summed E-state index contributed by atoms with van der Waals surface area (Å²) in [5.74, 6) is 0. The van der Waals surface area contributed by atoms with E-state index in [1.807, 2.05) is 0 Å². The van der Waals surface area contributed by atoms with E-state index in [4.69, 9.17) is 14.6 Å². The molecule has 0 bridgehead atoms. The van der Waals surface area contributed by atoms with Crippen molar-refractivity contribution in [1.82, 2.24) is 0 Å². The van der Waals surface area contributed by atoms with Crippen LogP contribution in [0.15, 0.2) is 0 Å². The third kappa shape index (κ3) is 2.30. The average molecular weight is 132 g/mol. The standard InChI is InChI=1S/C6H12O3/c7-5-9-6-1-3-8-4-2-6/h6-7H,1-5H2. The molecule has 1 heterocycles. The highest BCUT2D eigenvalue weighted by atomic mass is 16.6. The van der Waals surface area contributed by atoms with Crippen molar-refractivity contribution in [2.45, 2.75) is 18.9 Å². The Kier molecular flexibility index (Phi) is 2.97. The van der Waals surface area contributed by atoms with E-state index in [9.17, 15) is 0 Å². The van der Waals surface area contributed by atoms with Crippen LogP contribution in [-0.2, 0) is 9.47 Å². The van der Waals surface area contributed by atoms with E-state index in [0.717, 1.165) is 26.1 Å². The molecular formula is C6H12O3. The molecule has 0 radical (unpaired) electrons. The Balaban J connectivity index is 2.08. The third-order valence-corrected chi connectivity index (χ3v) is 1.48. The first-order valence-corrected chi connectivity index (χ1v) is 3.23. The monoisotopic (exact) mass is 132 g/mol. The van der Waals surface area contributed by atoms with Crippen LogP contribution in [0, 0.1) is 0 Å². The second kappa shape index (κ2) is 3.82. The number of ether oxygens (including phenoxy) is 2. The SMILES string of the molecule is OCOC1CCOCC1. The number of hydrogen-bond acceptors (Lipinski definition) is 3. The first-order valence-electron chi connectivity index (χ1n) is 3.23. The maximum absolute atomic E-state index is 8.36. The van der Waals surface area contributed by atoms with E-state index >= 15 is 0 Å². The van der Waals surface area contributed by atoms with Gasteiger partial charge in [0.1, 0.15) is 6.79 Å². The van der Waals surface area contributed by atoms with Crippen LogP contribution in [0.3, 0.4) is 0 Å². The zero-order valence-electron chi connectivity index (χ0n) is 5.38. The molecule has 1 saturated heterocycles. The van der Waals surface area contributed by atoms with Gasteiger partial charge in [0.15, 0.2) is 0 Å². The second-order valence-corrected chi connectivity index (χ2v) is 2.11. The van der Waals surface area contributed by atoms with Gasteiger partial charge in [0, 0.05) is 13.2 Å². The number of aliphatic hydroxyl groups is 1. The minimum absolute atomic E-state index is 0.162. The Bertz CT molecular complexity index is 65.9. The summed E-state index contributed by atoms with van der Waals surface area (Å²) in [7, 11) is 0. The molecule has 3 nitrogen and oxygen atoms in total. The summed E-state index contributed by atoms with van der Waals surface area (Å²) in [5, 5.41) is 8.36. The third-order valence-electron chi connectivity index (χ3n) is 1.48. The van der Waals surface area contributed by atoms with Gasteiger partial charge in [-0.2, -0.15) is 0 Å². The molecule has 0 unspecified atom stereocenters. The molecule has 0 aromatic heterocycles.